The Balaban J connectivity index is 1.52. The number of rotatable bonds is 4. The summed E-state index contributed by atoms with van der Waals surface area (Å²) in [4.78, 5) is 11.1. The van der Waals surface area contributed by atoms with Gasteiger partial charge in [0.25, 0.3) is 0 Å². The molecule has 33 heavy (non-hydrogen) atoms. The van der Waals surface area contributed by atoms with Gasteiger partial charge in [-0.15, -0.1) is 0 Å². The van der Waals surface area contributed by atoms with Crippen LogP contribution in [0.4, 0.5) is 11.5 Å². The molecule has 0 spiro atoms. The fourth-order valence-electron chi connectivity index (χ4n) is 4.70. The number of likely N-dealkylation sites (N-methyl/N-ethyl adjacent to an activating group) is 1. The van der Waals surface area contributed by atoms with Crippen molar-refractivity contribution in [1.29, 1.82) is 0 Å². The van der Waals surface area contributed by atoms with Crippen LogP contribution in [-0.4, -0.2) is 37.0 Å². The van der Waals surface area contributed by atoms with Crippen LogP contribution in [0.15, 0.2) is 78.9 Å². The number of nitrogens with zero attached hydrogens (tertiary/aromatic N) is 6. The van der Waals surface area contributed by atoms with Gasteiger partial charge in [0, 0.05) is 24.5 Å². The molecule has 1 aliphatic rings. The number of hydrogen-bond donors (Lipinski definition) is 2. The van der Waals surface area contributed by atoms with Crippen LogP contribution in [0.25, 0.3) is 28.4 Å². The van der Waals surface area contributed by atoms with Gasteiger partial charge in [0.1, 0.15) is 17.8 Å². The Hall–Kier alpha value is -4.46. The summed E-state index contributed by atoms with van der Waals surface area (Å²) in [5, 5.41) is 12.6. The number of nitrogens with one attached hydrogen (secondary N) is 1. The van der Waals surface area contributed by atoms with Crippen molar-refractivity contribution in [3.8, 4) is 11.3 Å². The second-order valence-corrected chi connectivity index (χ2v) is 8.15. The van der Waals surface area contributed by atoms with Crippen LogP contribution in [-0.2, 0) is 6.54 Å². The van der Waals surface area contributed by atoms with Crippen LogP contribution in [0, 0.1) is 0 Å². The van der Waals surface area contributed by atoms with E-state index in [0.717, 1.165) is 16.6 Å². The van der Waals surface area contributed by atoms with Crippen LogP contribution < -0.4 is 10.6 Å². The van der Waals surface area contributed by atoms with Crippen LogP contribution in [0.5, 0.6) is 0 Å². The smallest absolute Gasteiger partial charge is 0.164 e. The number of anilines is 2. The van der Waals surface area contributed by atoms with E-state index in [2.05, 4.69) is 86.7 Å². The zero-order valence-corrected chi connectivity index (χ0v) is 18.1. The maximum absolute atomic E-state index is 6.26. The van der Waals surface area contributed by atoms with Crippen molar-refractivity contribution in [1.82, 2.24) is 29.9 Å². The first kappa shape index (κ1) is 19.2. The number of H-pyrrole nitrogens is 1. The minimum absolute atomic E-state index is 0.0666. The molecule has 0 fully saturated rings. The highest BCUT2D eigenvalue weighted by Gasteiger charge is 2.29. The Morgan fingerprint density at radius 3 is 2.67 bits per heavy atom. The van der Waals surface area contributed by atoms with Crippen LogP contribution in [0.3, 0.4) is 0 Å². The third-order valence-electron chi connectivity index (χ3n) is 6.17. The minimum atomic E-state index is 0.0666. The maximum atomic E-state index is 6.26. The van der Waals surface area contributed by atoms with Gasteiger partial charge >= 0.3 is 0 Å². The Kier molecular flexibility index (Phi) is 4.43. The summed E-state index contributed by atoms with van der Waals surface area (Å²) in [5.41, 5.74) is 13.3. The molecule has 2 aromatic carbocycles. The lowest BCUT2D eigenvalue weighted by Gasteiger charge is -2.37. The van der Waals surface area contributed by atoms with Crippen LogP contribution in [0.1, 0.15) is 17.2 Å². The minimum Gasteiger partial charge on any atom is -0.383 e. The third-order valence-corrected chi connectivity index (χ3v) is 6.17. The van der Waals surface area contributed by atoms with Gasteiger partial charge in [0.2, 0.25) is 0 Å². The van der Waals surface area contributed by atoms with E-state index in [4.69, 9.17) is 10.8 Å². The summed E-state index contributed by atoms with van der Waals surface area (Å²) in [6.07, 6.45) is 7.29. The van der Waals surface area contributed by atoms with Crippen molar-refractivity contribution in [2.75, 3.05) is 17.7 Å². The van der Waals surface area contributed by atoms with Crippen molar-refractivity contribution in [3.63, 3.8) is 0 Å². The van der Waals surface area contributed by atoms with Gasteiger partial charge in [-0.1, -0.05) is 48.5 Å². The van der Waals surface area contributed by atoms with E-state index in [1.54, 1.807) is 12.4 Å². The van der Waals surface area contributed by atoms with Crippen molar-refractivity contribution in [3.05, 3.63) is 90.0 Å². The highest BCUT2D eigenvalue weighted by atomic mass is 15.3. The lowest BCUT2D eigenvalue weighted by atomic mass is 9.90. The second-order valence-electron chi connectivity index (χ2n) is 8.15. The molecule has 0 radical (unpaired) electrons. The molecule has 0 saturated carbocycles. The second kappa shape index (κ2) is 7.59. The molecule has 0 amide bonds. The molecule has 4 heterocycles. The summed E-state index contributed by atoms with van der Waals surface area (Å²) >= 11 is 0. The molecule has 1 aliphatic heterocycles. The summed E-state index contributed by atoms with van der Waals surface area (Å²) in [6.45, 7) is 0.559. The van der Waals surface area contributed by atoms with Crippen molar-refractivity contribution in [2.45, 2.75) is 12.6 Å². The molecule has 162 valence electrons. The van der Waals surface area contributed by atoms with Gasteiger partial charge < -0.3 is 10.6 Å². The van der Waals surface area contributed by atoms with Gasteiger partial charge in [0.15, 0.2) is 5.65 Å². The van der Waals surface area contributed by atoms with E-state index in [0.29, 0.717) is 18.0 Å². The van der Waals surface area contributed by atoms with Gasteiger partial charge in [-0.05, 0) is 28.8 Å². The molecule has 0 bridgehead atoms. The molecular weight excluding hydrogens is 412 g/mol. The predicted molar refractivity (Wildman–Crippen MR) is 129 cm³/mol. The monoisotopic (exact) mass is 434 g/mol. The number of aromatic amines is 1. The van der Waals surface area contributed by atoms with Crippen LogP contribution >= 0.6 is 0 Å². The Labute approximate surface area is 190 Å². The quantitative estimate of drug-likeness (QED) is 0.442. The Morgan fingerprint density at radius 2 is 1.85 bits per heavy atom. The molecule has 5 aromatic rings. The number of para-hydroxylation sites is 1. The molecule has 8 heteroatoms. The molecule has 1 unspecified atom stereocenters. The van der Waals surface area contributed by atoms with Gasteiger partial charge in [0.05, 0.1) is 24.2 Å². The lowest BCUT2D eigenvalue weighted by Crippen LogP contribution is -2.30. The predicted octanol–water partition coefficient (Wildman–Crippen LogP) is 4.07. The number of fused-ring (bicyclic) bond motifs is 2. The lowest BCUT2D eigenvalue weighted by molar-refractivity contribution is 0.631. The number of benzene rings is 2. The van der Waals surface area contributed by atoms with Crippen molar-refractivity contribution in [2.24, 2.45) is 0 Å². The molecule has 8 nitrogen and oxygen atoms in total. The average molecular weight is 435 g/mol. The van der Waals surface area contributed by atoms with E-state index in [-0.39, 0.29) is 6.04 Å². The normalized spacial score (nSPS) is 15.5. The molecule has 0 saturated heterocycles. The summed E-state index contributed by atoms with van der Waals surface area (Å²) < 4.78 is 1.92. The zero-order chi connectivity index (χ0) is 22.4. The van der Waals surface area contributed by atoms with E-state index >= 15 is 0 Å². The summed E-state index contributed by atoms with van der Waals surface area (Å²) in [7, 11) is 2.14. The van der Waals surface area contributed by atoms with E-state index in [1.807, 2.05) is 10.7 Å². The Bertz CT molecular complexity index is 1470. The Morgan fingerprint density at radius 1 is 1.03 bits per heavy atom. The fourth-order valence-corrected chi connectivity index (χ4v) is 4.70. The van der Waals surface area contributed by atoms with E-state index in [9.17, 15) is 0 Å². The molecule has 0 aliphatic carbocycles. The summed E-state index contributed by atoms with van der Waals surface area (Å²) in [5.74, 6) is 0.405. The van der Waals surface area contributed by atoms with Crippen molar-refractivity contribution >= 4 is 28.6 Å². The van der Waals surface area contributed by atoms with E-state index in [1.165, 1.54) is 28.7 Å². The maximum Gasteiger partial charge on any atom is 0.164 e. The molecule has 3 N–H and O–H groups in total. The highest BCUT2D eigenvalue weighted by Crippen LogP contribution is 2.41. The van der Waals surface area contributed by atoms with E-state index < -0.39 is 0 Å². The largest absolute Gasteiger partial charge is 0.383 e. The first-order valence-electron chi connectivity index (χ1n) is 10.7. The molecule has 3 aromatic heterocycles. The van der Waals surface area contributed by atoms with Gasteiger partial charge in [-0.25, -0.2) is 14.6 Å². The number of nitrogens with two attached hydrogens (primary N) is 1. The average Bonchev–Trinajstić information content (AvgIpc) is 3.49. The third kappa shape index (κ3) is 3.15. The molecule has 6 rings (SSSR count). The number of nitrogen functional groups attached to an aromatic ring is 1. The summed E-state index contributed by atoms with van der Waals surface area (Å²) in [6, 6.07) is 19.1. The highest BCUT2D eigenvalue weighted by molar-refractivity contribution is 5.98. The molecule has 1 atom stereocenters. The van der Waals surface area contributed by atoms with Crippen molar-refractivity contribution < 1.29 is 0 Å². The van der Waals surface area contributed by atoms with Gasteiger partial charge in [-0.2, -0.15) is 10.2 Å². The number of hydrogen-bond acceptors (Lipinski definition) is 6. The first-order valence-corrected chi connectivity index (χ1v) is 10.7. The number of aromatic nitrogens is 6. The topological polar surface area (TPSA) is 102 Å². The SMILES string of the molecule is CN1c2ccccc2C=C(Cn2nc(-c3cn[nH]c3)c3c(N)ncnc32)C1c1ccccc1. The fraction of sp³-hybridized carbons (Fsp3) is 0.120. The van der Waals surface area contributed by atoms with Crippen LogP contribution in [0.2, 0.25) is 0 Å². The zero-order valence-electron chi connectivity index (χ0n) is 18.1. The first-order chi connectivity index (χ1) is 16.2. The van der Waals surface area contributed by atoms with Gasteiger partial charge in [-0.3, -0.25) is 5.10 Å². The standard InChI is InChI=1S/C25H22N8/c1-32-20-10-6-5-9-17(20)11-18(23(32)16-7-3-2-4-8-16)14-33-25-21(24(26)27-15-28-25)22(31-33)19-12-29-30-13-19/h2-13,15,23H,14H2,1H3,(H,29,30)(H2,26,27,28). The molecular formula is C25H22N8.